The molecule has 0 radical (unpaired) electrons. The van der Waals surface area contributed by atoms with Crippen molar-refractivity contribution in [3.63, 3.8) is 0 Å². The van der Waals surface area contributed by atoms with Crippen LogP contribution in [-0.4, -0.2) is 114 Å². The van der Waals surface area contributed by atoms with Crippen molar-refractivity contribution in [1.29, 1.82) is 0 Å². The molecule has 1 aliphatic rings. The van der Waals surface area contributed by atoms with Crippen molar-refractivity contribution in [2.24, 2.45) is 16.6 Å². The summed E-state index contributed by atoms with van der Waals surface area (Å²) in [6.45, 7) is 14.1. The summed E-state index contributed by atoms with van der Waals surface area (Å²) in [4.78, 5) is 64.6. The summed E-state index contributed by atoms with van der Waals surface area (Å²) in [5.74, 6) is 4.94. The van der Waals surface area contributed by atoms with Crippen LogP contribution in [0.25, 0.3) is 21.4 Å². The summed E-state index contributed by atoms with van der Waals surface area (Å²) in [6.07, 6.45) is 6.94. The third kappa shape index (κ3) is 10.5. The predicted molar refractivity (Wildman–Crippen MR) is 234 cm³/mol. The highest BCUT2D eigenvalue weighted by Gasteiger charge is 2.19. The zero-order valence-electron chi connectivity index (χ0n) is 35.5. The summed E-state index contributed by atoms with van der Waals surface area (Å²) in [6, 6.07) is 8.47. The van der Waals surface area contributed by atoms with Crippen LogP contribution in [0.15, 0.2) is 53.7 Å². The molecule has 6 heterocycles. The molecule has 0 atom stereocenters. The number of aldehydes is 1. The molecule has 62 heavy (non-hydrogen) atoms. The number of morpholine rings is 1. The van der Waals surface area contributed by atoms with E-state index in [0.717, 1.165) is 63.3 Å². The zero-order valence-corrected chi connectivity index (χ0v) is 36.3. The molecule has 21 heteroatoms. The Morgan fingerprint density at radius 2 is 1.68 bits per heavy atom. The summed E-state index contributed by atoms with van der Waals surface area (Å²) in [7, 11) is 1.77. The smallest absolute Gasteiger partial charge is 0.297 e. The number of anilines is 1. The molecule has 1 aliphatic heterocycles. The molecule has 6 aromatic rings. The van der Waals surface area contributed by atoms with Gasteiger partial charge in [0.25, 0.3) is 11.8 Å². The number of hydrogen-bond donors (Lipinski definition) is 4. The van der Waals surface area contributed by atoms with Crippen molar-refractivity contribution < 1.29 is 28.7 Å². The van der Waals surface area contributed by atoms with Crippen LogP contribution in [0.4, 0.5) is 5.95 Å². The van der Waals surface area contributed by atoms with Crippen molar-refractivity contribution in [2.75, 3.05) is 51.8 Å². The number of carbonyl (C=O) groups excluding carboxylic acids is 4. The molecule has 5 aromatic heterocycles. The highest BCUT2D eigenvalue weighted by atomic mass is 32.1. The number of nitrogens with one attached hydrogen (secondary N) is 2. The van der Waals surface area contributed by atoms with Gasteiger partial charge in [0, 0.05) is 64.6 Å². The molecule has 0 saturated carbocycles. The molecule has 1 aromatic carbocycles. The Hall–Kier alpha value is -6.55. The number of hydrazine groups is 1. The molecule has 0 unspecified atom stereocenters. The fourth-order valence-electron chi connectivity index (χ4n) is 6.94. The van der Waals surface area contributed by atoms with Crippen LogP contribution in [0.5, 0.6) is 5.75 Å². The molecule has 6 N–H and O–H groups in total. The second-order valence-corrected chi connectivity index (χ2v) is 15.2. The molecule has 0 spiro atoms. The quantitative estimate of drug-likeness (QED) is 0.0273. The van der Waals surface area contributed by atoms with Crippen molar-refractivity contribution >= 4 is 62.7 Å². The Labute approximate surface area is 361 Å². The maximum atomic E-state index is 13.4. The van der Waals surface area contributed by atoms with Crippen LogP contribution >= 0.6 is 11.3 Å². The number of allylic oxidation sites excluding steroid dienone is 2. The number of pyridine rings is 1. The first kappa shape index (κ1) is 45.0. The van der Waals surface area contributed by atoms with Gasteiger partial charge in [-0.3, -0.25) is 43.4 Å². The first-order valence-electron chi connectivity index (χ1n) is 20.2. The Morgan fingerprint density at radius 1 is 0.968 bits per heavy atom. The van der Waals surface area contributed by atoms with Crippen LogP contribution < -0.4 is 31.9 Å². The topological polar surface area (TPSA) is 250 Å². The number of nitrogens with zero attached hydrogens (tertiary/aromatic N) is 10. The molecule has 7 rings (SSSR count). The Bertz CT molecular complexity index is 2660. The van der Waals surface area contributed by atoms with Gasteiger partial charge < -0.3 is 25.1 Å². The molecular formula is C41H52N14O6S. The van der Waals surface area contributed by atoms with Gasteiger partial charge in [-0.25, -0.2) is 15.8 Å². The van der Waals surface area contributed by atoms with Gasteiger partial charge in [0.15, 0.2) is 16.7 Å². The number of hydrogen-bond acceptors (Lipinski definition) is 14. The average Bonchev–Trinajstić information content (AvgIpc) is 4.05. The largest absolute Gasteiger partial charge is 0.491 e. The monoisotopic (exact) mass is 868 g/mol. The third-order valence-corrected chi connectivity index (χ3v) is 10.9. The number of primary amides is 1. The Kier molecular flexibility index (Phi) is 15.1. The number of amides is 3. The van der Waals surface area contributed by atoms with Crippen LogP contribution in [0.3, 0.4) is 0 Å². The summed E-state index contributed by atoms with van der Waals surface area (Å²) in [5, 5.41) is 11.6. The van der Waals surface area contributed by atoms with E-state index in [1.54, 1.807) is 46.7 Å². The second kappa shape index (κ2) is 20.8. The Morgan fingerprint density at radius 3 is 2.34 bits per heavy atom. The van der Waals surface area contributed by atoms with E-state index < -0.39 is 17.7 Å². The van der Waals surface area contributed by atoms with Crippen molar-refractivity contribution in [3.05, 3.63) is 87.4 Å². The minimum atomic E-state index is -0.570. The first-order valence-corrected chi connectivity index (χ1v) is 21.0. The molecule has 3 amide bonds. The van der Waals surface area contributed by atoms with Gasteiger partial charge in [0.05, 0.1) is 47.0 Å². The van der Waals surface area contributed by atoms with Crippen LogP contribution in [-0.2, 0) is 30.9 Å². The minimum absolute atomic E-state index is 0.279. The van der Waals surface area contributed by atoms with Crippen LogP contribution in [0.1, 0.15) is 73.3 Å². The SMILES string of the molecule is CCn1nc(C)cc1C(=O)N=c1sc2cc(C(=O)NN)cnc2n1C/C=C/Cn1c(NC)nc2cc(C(N)=O)cc(OCCCN3CCOCC3)c21.CCn1nc(C)cc1C=O. The lowest BCUT2D eigenvalue weighted by atomic mass is 10.1. The van der Waals surface area contributed by atoms with Crippen LogP contribution in [0.2, 0.25) is 0 Å². The van der Waals surface area contributed by atoms with Crippen molar-refractivity contribution in [1.82, 2.24) is 49.0 Å². The number of thiazole rings is 1. The number of carbonyl (C=O) groups is 4. The standard InChI is InChI=1S/C34H42N12O5S.C7H10N2O/c1-4-46-25(16-21(2)42-46)32(49)40-34-45(30-27(52-34)19-23(20-38-30)31(48)41-36)10-6-5-9-44-28-24(39-33(44)37-3)17-22(29(35)47)18-26(28)51-13-7-8-43-11-14-50-15-12-43;1-3-9-7(5-10)4-6(2)8-9/h5-6,16-20H,4,7-15,36H2,1-3H3,(H2,35,47)(H,37,39)(H,41,48);4-5H,3H2,1-2H3/b6-5+,40-34?;. The molecule has 0 bridgehead atoms. The van der Waals surface area contributed by atoms with Gasteiger partial charge in [0.2, 0.25) is 11.9 Å². The van der Waals surface area contributed by atoms with Crippen molar-refractivity contribution in [3.8, 4) is 5.75 Å². The van der Waals surface area contributed by atoms with Gasteiger partial charge in [-0.15, -0.1) is 0 Å². The number of fused-ring (bicyclic) bond motifs is 2. The fourth-order valence-corrected chi connectivity index (χ4v) is 7.97. The van der Waals surface area contributed by atoms with E-state index in [9.17, 15) is 19.2 Å². The molecule has 1 fully saturated rings. The minimum Gasteiger partial charge on any atom is -0.491 e. The molecule has 328 valence electrons. The maximum absolute atomic E-state index is 13.4. The predicted octanol–water partition coefficient (Wildman–Crippen LogP) is 2.84. The number of nitrogens with two attached hydrogens (primary N) is 2. The number of aryl methyl sites for hydroxylation is 4. The lowest BCUT2D eigenvalue weighted by Gasteiger charge is -2.26. The average molecular weight is 869 g/mol. The summed E-state index contributed by atoms with van der Waals surface area (Å²) >= 11 is 1.24. The maximum Gasteiger partial charge on any atom is 0.297 e. The highest BCUT2D eigenvalue weighted by Crippen LogP contribution is 2.31. The second-order valence-electron chi connectivity index (χ2n) is 14.2. The highest BCUT2D eigenvalue weighted by molar-refractivity contribution is 7.16. The molecule has 20 nitrogen and oxygen atoms in total. The van der Waals surface area contributed by atoms with E-state index in [1.165, 1.54) is 17.5 Å². The van der Waals surface area contributed by atoms with Crippen molar-refractivity contribution in [2.45, 2.75) is 60.3 Å². The lowest BCUT2D eigenvalue weighted by Crippen LogP contribution is -2.37. The van der Waals surface area contributed by atoms with E-state index in [1.807, 2.05) is 49.0 Å². The van der Waals surface area contributed by atoms with Gasteiger partial charge in [-0.1, -0.05) is 23.5 Å². The molecule has 0 aliphatic carbocycles. The number of aromatic nitrogens is 8. The molecule has 1 saturated heterocycles. The van der Waals surface area contributed by atoms with Gasteiger partial charge in [-0.2, -0.15) is 15.2 Å². The lowest BCUT2D eigenvalue weighted by molar-refractivity contribution is 0.0358. The van der Waals surface area contributed by atoms with Gasteiger partial charge in [-0.05, 0) is 64.4 Å². The number of imidazole rings is 1. The van der Waals surface area contributed by atoms with E-state index in [4.69, 9.17) is 26.0 Å². The third-order valence-electron chi connectivity index (χ3n) is 9.92. The molecular weight excluding hydrogens is 817 g/mol. The van der Waals surface area contributed by atoms with Crippen LogP contribution in [0, 0.1) is 13.8 Å². The number of rotatable bonds is 16. The van der Waals surface area contributed by atoms with Gasteiger partial charge >= 0.3 is 0 Å². The van der Waals surface area contributed by atoms with E-state index >= 15 is 0 Å². The van der Waals surface area contributed by atoms with E-state index in [-0.39, 0.29) is 5.56 Å². The summed E-state index contributed by atoms with van der Waals surface area (Å²) in [5.41, 5.74) is 12.8. The normalized spacial score (nSPS) is 13.4. The fraction of sp³-hybridized carbons (Fsp3) is 0.390. The number of benzene rings is 1. The number of nitrogen functional groups attached to an aromatic ring is 1. The first-order chi connectivity index (χ1) is 30.0. The van der Waals surface area contributed by atoms with Gasteiger partial charge in [0.1, 0.15) is 22.7 Å². The Balaban J connectivity index is 0.000000564. The number of ether oxygens (including phenoxy) is 2. The zero-order chi connectivity index (χ0) is 44.3. The van der Waals surface area contributed by atoms with E-state index in [2.05, 4.69) is 35.8 Å². The summed E-state index contributed by atoms with van der Waals surface area (Å²) < 4.78 is 19.4. The van der Waals surface area contributed by atoms with E-state index in [0.29, 0.717) is 81.2 Å².